The van der Waals surface area contributed by atoms with Crippen LogP contribution >= 0.6 is 0 Å². The second-order valence-corrected chi connectivity index (χ2v) is 5.23. The lowest BCUT2D eigenvalue weighted by molar-refractivity contribution is -0.137. The van der Waals surface area contributed by atoms with Crippen molar-refractivity contribution < 1.29 is 4.79 Å². The van der Waals surface area contributed by atoms with E-state index in [4.69, 9.17) is 0 Å². The SMILES string of the molecule is CC(C(=O)N1C(C)CNCC1C)c1ccccc1. The fourth-order valence-electron chi connectivity index (χ4n) is 2.67. The maximum absolute atomic E-state index is 12.6. The monoisotopic (exact) mass is 246 g/mol. The molecule has 1 amide bonds. The highest BCUT2D eigenvalue weighted by molar-refractivity contribution is 5.84. The maximum Gasteiger partial charge on any atom is 0.230 e. The molecule has 3 heteroatoms. The van der Waals surface area contributed by atoms with Gasteiger partial charge in [-0.1, -0.05) is 30.3 Å². The molecule has 3 nitrogen and oxygen atoms in total. The molecule has 1 fully saturated rings. The Bertz CT molecular complexity index is 394. The third-order valence-electron chi connectivity index (χ3n) is 3.75. The molecule has 1 aliphatic rings. The first-order valence-corrected chi connectivity index (χ1v) is 6.69. The lowest BCUT2D eigenvalue weighted by Gasteiger charge is -2.41. The van der Waals surface area contributed by atoms with Crippen LogP contribution in [0, 0.1) is 0 Å². The molecule has 1 aromatic rings. The summed E-state index contributed by atoms with van der Waals surface area (Å²) in [4.78, 5) is 14.7. The van der Waals surface area contributed by atoms with Crippen LogP contribution in [0.1, 0.15) is 32.3 Å². The first kappa shape index (κ1) is 13.1. The number of hydrogen-bond donors (Lipinski definition) is 1. The van der Waals surface area contributed by atoms with Crippen molar-refractivity contribution in [2.75, 3.05) is 13.1 Å². The minimum atomic E-state index is -0.0609. The second kappa shape index (κ2) is 5.53. The molecule has 18 heavy (non-hydrogen) atoms. The summed E-state index contributed by atoms with van der Waals surface area (Å²) in [6, 6.07) is 10.6. The number of benzene rings is 1. The van der Waals surface area contributed by atoms with Crippen LogP contribution in [0.15, 0.2) is 30.3 Å². The number of piperazine rings is 1. The predicted octanol–water partition coefficient (Wildman–Crippen LogP) is 2.00. The molecular formula is C15H22N2O. The van der Waals surface area contributed by atoms with E-state index >= 15 is 0 Å². The summed E-state index contributed by atoms with van der Waals surface area (Å²) >= 11 is 0. The molecule has 2 rings (SSSR count). The van der Waals surface area contributed by atoms with Gasteiger partial charge in [0.1, 0.15) is 0 Å². The quantitative estimate of drug-likeness (QED) is 0.865. The van der Waals surface area contributed by atoms with E-state index in [1.165, 1.54) is 0 Å². The standard InChI is InChI=1S/C15H22N2O/c1-11-9-16-10-12(2)17(11)15(18)13(3)14-7-5-4-6-8-14/h4-8,11-13,16H,9-10H2,1-3H3. The van der Waals surface area contributed by atoms with E-state index in [0.29, 0.717) is 0 Å². The van der Waals surface area contributed by atoms with Gasteiger partial charge in [-0.25, -0.2) is 0 Å². The Morgan fingerprint density at radius 2 is 1.78 bits per heavy atom. The van der Waals surface area contributed by atoms with Crippen LogP contribution in [0.25, 0.3) is 0 Å². The van der Waals surface area contributed by atoms with Crippen LogP contribution in [0.5, 0.6) is 0 Å². The van der Waals surface area contributed by atoms with Crippen molar-refractivity contribution >= 4 is 5.91 Å². The molecule has 0 bridgehead atoms. The van der Waals surface area contributed by atoms with E-state index in [-0.39, 0.29) is 23.9 Å². The van der Waals surface area contributed by atoms with Gasteiger partial charge < -0.3 is 10.2 Å². The Balaban J connectivity index is 2.15. The number of amides is 1. The topological polar surface area (TPSA) is 32.3 Å². The van der Waals surface area contributed by atoms with E-state index in [0.717, 1.165) is 18.7 Å². The van der Waals surface area contributed by atoms with Crippen LogP contribution < -0.4 is 5.32 Å². The molecule has 1 saturated heterocycles. The molecule has 0 aliphatic carbocycles. The fourth-order valence-corrected chi connectivity index (χ4v) is 2.67. The summed E-state index contributed by atoms with van der Waals surface area (Å²) in [6.07, 6.45) is 0. The van der Waals surface area contributed by atoms with E-state index < -0.39 is 0 Å². The number of nitrogens with one attached hydrogen (secondary N) is 1. The molecule has 1 heterocycles. The van der Waals surface area contributed by atoms with Crippen molar-refractivity contribution in [2.24, 2.45) is 0 Å². The van der Waals surface area contributed by atoms with Crippen molar-refractivity contribution in [3.63, 3.8) is 0 Å². The van der Waals surface area contributed by atoms with Crippen molar-refractivity contribution in [3.8, 4) is 0 Å². The Morgan fingerprint density at radius 3 is 2.33 bits per heavy atom. The predicted molar refractivity (Wildman–Crippen MR) is 73.5 cm³/mol. The van der Waals surface area contributed by atoms with Crippen LogP contribution in [0.2, 0.25) is 0 Å². The summed E-state index contributed by atoms with van der Waals surface area (Å²) in [5, 5.41) is 3.35. The average Bonchev–Trinajstić information content (AvgIpc) is 2.38. The minimum absolute atomic E-state index is 0.0609. The number of hydrogen-bond acceptors (Lipinski definition) is 2. The third kappa shape index (κ3) is 2.56. The maximum atomic E-state index is 12.6. The highest BCUT2D eigenvalue weighted by Gasteiger charge is 2.31. The van der Waals surface area contributed by atoms with Gasteiger partial charge in [0.15, 0.2) is 0 Å². The molecule has 98 valence electrons. The van der Waals surface area contributed by atoms with Gasteiger partial charge in [-0.05, 0) is 26.3 Å². The number of carbonyl (C=O) groups excluding carboxylic acids is 1. The average molecular weight is 246 g/mol. The van der Waals surface area contributed by atoms with Crippen molar-refractivity contribution in [1.82, 2.24) is 10.2 Å². The second-order valence-electron chi connectivity index (χ2n) is 5.23. The zero-order chi connectivity index (χ0) is 13.1. The van der Waals surface area contributed by atoms with Crippen LogP contribution in [0.3, 0.4) is 0 Å². The Hall–Kier alpha value is -1.35. The minimum Gasteiger partial charge on any atom is -0.334 e. The summed E-state index contributed by atoms with van der Waals surface area (Å²) < 4.78 is 0. The van der Waals surface area contributed by atoms with Crippen molar-refractivity contribution in [3.05, 3.63) is 35.9 Å². The molecule has 0 radical (unpaired) electrons. The number of nitrogens with zero attached hydrogens (tertiary/aromatic N) is 1. The van der Waals surface area contributed by atoms with E-state index in [9.17, 15) is 4.79 Å². The molecule has 1 aliphatic heterocycles. The first-order chi connectivity index (χ1) is 8.61. The highest BCUT2D eigenvalue weighted by Crippen LogP contribution is 2.21. The Labute approximate surface area is 109 Å². The smallest absolute Gasteiger partial charge is 0.230 e. The first-order valence-electron chi connectivity index (χ1n) is 6.69. The molecule has 0 saturated carbocycles. The lowest BCUT2D eigenvalue weighted by atomic mass is 9.97. The fraction of sp³-hybridized carbons (Fsp3) is 0.533. The zero-order valence-corrected chi connectivity index (χ0v) is 11.4. The molecule has 0 aromatic heterocycles. The number of rotatable bonds is 2. The van der Waals surface area contributed by atoms with Gasteiger partial charge in [-0.3, -0.25) is 4.79 Å². The molecular weight excluding hydrogens is 224 g/mol. The van der Waals surface area contributed by atoms with Gasteiger partial charge in [0, 0.05) is 25.2 Å². The normalized spacial score (nSPS) is 25.8. The van der Waals surface area contributed by atoms with Crippen LogP contribution in [-0.4, -0.2) is 36.0 Å². The molecule has 1 aromatic carbocycles. The van der Waals surface area contributed by atoms with Crippen molar-refractivity contribution in [2.45, 2.75) is 38.8 Å². The molecule has 3 atom stereocenters. The summed E-state index contributed by atoms with van der Waals surface area (Å²) in [5.74, 6) is 0.178. The summed E-state index contributed by atoms with van der Waals surface area (Å²) in [7, 11) is 0. The molecule has 0 spiro atoms. The van der Waals surface area contributed by atoms with Crippen LogP contribution in [-0.2, 0) is 4.79 Å². The van der Waals surface area contributed by atoms with Gasteiger partial charge in [0.25, 0.3) is 0 Å². The van der Waals surface area contributed by atoms with E-state index in [1.807, 2.05) is 42.2 Å². The summed E-state index contributed by atoms with van der Waals surface area (Å²) in [6.45, 7) is 7.99. The third-order valence-corrected chi connectivity index (χ3v) is 3.75. The van der Waals surface area contributed by atoms with Crippen LogP contribution in [0.4, 0.5) is 0 Å². The van der Waals surface area contributed by atoms with Gasteiger partial charge in [-0.2, -0.15) is 0 Å². The van der Waals surface area contributed by atoms with E-state index in [2.05, 4.69) is 19.2 Å². The van der Waals surface area contributed by atoms with Gasteiger partial charge in [0.05, 0.1) is 5.92 Å². The summed E-state index contributed by atoms with van der Waals surface area (Å²) in [5.41, 5.74) is 1.10. The highest BCUT2D eigenvalue weighted by atomic mass is 16.2. The zero-order valence-electron chi connectivity index (χ0n) is 11.4. The Kier molecular flexibility index (Phi) is 4.02. The lowest BCUT2D eigenvalue weighted by Crippen LogP contribution is -2.58. The molecule has 1 N–H and O–H groups in total. The van der Waals surface area contributed by atoms with Gasteiger partial charge in [0.2, 0.25) is 5.91 Å². The van der Waals surface area contributed by atoms with E-state index in [1.54, 1.807) is 0 Å². The molecule has 3 unspecified atom stereocenters. The van der Waals surface area contributed by atoms with Crippen molar-refractivity contribution in [1.29, 1.82) is 0 Å². The number of carbonyl (C=O) groups is 1. The Morgan fingerprint density at radius 1 is 1.22 bits per heavy atom. The van der Waals surface area contributed by atoms with Gasteiger partial charge in [-0.15, -0.1) is 0 Å². The van der Waals surface area contributed by atoms with Gasteiger partial charge >= 0.3 is 0 Å². The largest absolute Gasteiger partial charge is 0.334 e.